The van der Waals surface area contributed by atoms with Gasteiger partial charge < -0.3 is 29.0 Å². The number of benzene rings is 1. The van der Waals surface area contributed by atoms with Gasteiger partial charge in [-0.1, -0.05) is 6.07 Å². The molecule has 1 unspecified atom stereocenters. The summed E-state index contributed by atoms with van der Waals surface area (Å²) in [6.07, 6.45) is 6.53. The molecule has 1 saturated heterocycles. The molecule has 37 heavy (non-hydrogen) atoms. The van der Waals surface area contributed by atoms with Gasteiger partial charge in [0.2, 0.25) is 5.91 Å². The van der Waals surface area contributed by atoms with E-state index in [0.29, 0.717) is 32.9 Å². The highest BCUT2D eigenvalue weighted by Gasteiger charge is 2.40. The van der Waals surface area contributed by atoms with Crippen LogP contribution in [0.2, 0.25) is 0 Å². The maximum atomic E-state index is 14.0. The standard InChI is InChI=1S/C29H41N3O5/c1-31-11-9-23(18-28(31)33)26-8-10-30-19-27(26)29(34)32(24-6-7-24)20-22-15-21(5-4-12-35-2)16-25(17-22)37-14-13-36-3/h9,11,15-18,24,26-27,30H,4-8,10,12-14,19-20H2,1-3H3/t26?,27-/m0/s1. The SMILES string of the molecule is COCCCc1cc(CN(C(=O)[C@H]2CNCCC2c2ccn(C)c(=O)c2)C2CC2)cc(OCCOC)c1. The molecule has 0 radical (unpaired) electrons. The van der Waals surface area contributed by atoms with Crippen molar-refractivity contribution in [3.63, 3.8) is 0 Å². The van der Waals surface area contributed by atoms with E-state index in [1.165, 1.54) is 5.56 Å². The predicted molar refractivity (Wildman–Crippen MR) is 143 cm³/mol. The van der Waals surface area contributed by atoms with Crippen molar-refractivity contribution in [2.75, 3.05) is 47.1 Å². The first-order valence-electron chi connectivity index (χ1n) is 13.4. The summed E-state index contributed by atoms with van der Waals surface area (Å²) < 4.78 is 17.9. The number of carbonyl (C=O) groups excluding carboxylic acids is 1. The first-order chi connectivity index (χ1) is 18.0. The molecule has 2 heterocycles. The number of amides is 1. The lowest BCUT2D eigenvalue weighted by molar-refractivity contribution is -0.138. The second kappa shape index (κ2) is 13.2. The van der Waals surface area contributed by atoms with Crippen LogP contribution in [-0.2, 0) is 34.3 Å². The van der Waals surface area contributed by atoms with Gasteiger partial charge in [0.1, 0.15) is 12.4 Å². The smallest absolute Gasteiger partial charge is 0.250 e. The van der Waals surface area contributed by atoms with Crippen molar-refractivity contribution in [3.05, 3.63) is 63.6 Å². The van der Waals surface area contributed by atoms with Crippen molar-refractivity contribution in [3.8, 4) is 5.75 Å². The first kappa shape index (κ1) is 27.4. The van der Waals surface area contributed by atoms with Crippen LogP contribution in [0, 0.1) is 5.92 Å². The highest BCUT2D eigenvalue weighted by Crippen LogP contribution is 2.36. The Hall–Kier alpha value is -2.68. The normalized spacial score (nSPS) is 19.5. The molecule has 2 aromatic rings. The average molecular weight is 512 g/mol. The zero-order valence-electron chi connectivity index (χ0n) is 22.4. The fraction of sp³-hybridized carbons (Fsp3) is 0.586. The Kier molecular flexibility index (Phi) is 9.77. The first-order valence-corrected chi connectivity index (χ1v) is 13.4. The fourth-order valence-corrected chi connectivity index (χ4v) is 5.21. The van der Waals surface area contributed by atoms with Crippen molar-refractivity contribution in [2.45, 2.75) is 50.6 Å². The van der Waals surface area contributed by atoms with Crippen molar-refractivity contribution >= 4 is 5.91 Å². The molecular formula is C29H41N3O5. The molecule has 0 spiro atoms. The van der Waals surface area contributed by atoms with Crippen LogP contribution < -0.4 is 15.6 Å². The minimum Gasteiger partial charge on any atom is -0.491 e. The van der Waals surface area contributed by atoms with Crippen LogP contribution >= 0.6 is 0 Å². The predicted octanol–water partition coefficient (Wildman–Crippen LogP) is 2.87. The van der Waals surface area contributed by atoms with E-state index in [9.17, 15) is 9.59 Å². The summed E-state index contributed by atoms with van der Waals surface area (Å²) in [5.74, 6) is 0.829. The van der Waals surface area contributed by atoms with E-state index in [1.54, 1.807) is 38.1 Å². The van der Waals surface area contributed by atoms with Gasteiger partial charge in [-0.2, -0.15) is 0 Å². The Bertz CT molecular complexity index is 1070. The molecule has 202 valence electrons. The monoisotopic (exact) mass is 511 g/mol. The van der Waals surface area contributed by atoms with E-state index in [1.807, 2.05) is 6.07 Å². The molecule has 2 atom stereocenters. The van der Waals surface area contributed by atoms with Crippen LogP contribution in [0.25, 0.3) is 0 Å². The molecule has 1 aliphatic carbocycles. The second-order valence-electron chi connectivity index (χ2n) is 10.2. The average Bonchev–Trinajstić information content (AvgIpc) is 3.74. The Morgan fingerprint density at radius 2 is 1.84 bits per heavy atom. The van der Waals surface area contributed by atoms with Crippen molar-refractivity contribution in [1.82, 2.24) is 14.8 Å². The Morgan fingerprint density at radius 1 is 1.05 bits per heavy atom. The lowest BCUT2D eigenvalue weighted by Gasteiger charge is -2.36. The van der Waals surface area contributed by atoms with Crippen LogP contribution in [0.1, 0.15) is 48.3 Å². The molecular weight excluding hydrogens is 470 g/mol. The summed E-state index contributed by atoms with van der Waals surface area (Å²) >= 11 is 0. The number of hydrogen-bond acceptors (Lipinski definition) is 6. The van der Waals surface area contributed by atoms with Crippen molar-refractivity contribution in [1.29, 1.82) is 0 Å². The number of nitrogens with one attached hydrogen (secondary N) is 1. The second-order valence-corrected chi connectivity index (χ2v) is 10.2. The maximum Gasteiger partial charge on any atom is 0.250 e. The van der Waals surface area contributed by atoms with Gasteiger partial charge in [0, 0.05) is 59.3 Å². The molecule has 8 heteroatoms. The Labute approximate surface area is 219 Å². The maximum absolute atomic E-state index is 14.0. The quantitative estimate of drug-likeness (QED) is 0.417. The van der Waals surface area contributed by atoms with E-state index < -0.39 is 0 Å². The Balaban J connectivity index is 1.55. The molecule has 0 bridgehead atoms. The number of aryl methyl sites for hydroxylation is 2. The number of carbonyl (C=O) groups is 1. The molecule has 2 fully saturated rings. The number of ether oxygens (including phenoxy) is 3. The van der Waals surface area contributed by atoms with Crippen molar-refractivity contribution in [2.24, 2.45) is 13.0 Å². The van der Waals surface area contributed by atoms with Crippen molar-refractivity contribution < 1.29 is 19.0 Å². The summed E-state index contributed by atoms with van der Waals surface area (Å²) in [5, 5.41) is 3.42. The van der Waals surface area contributed by atoms with Crippen LogP contribution in [-0.4, -0.2) is 68.5 Å². The minimum atomic E-state index is -0.191. The van der Waals surface area contributed by atoms with Gasteiger partial charge in [-0.05, 0) is 79.5 Å². The molecule has 1 aromatic heterocycles. The van der Waals surface area contributed by atoms with Gasteiger partial charge in [0.05, 0.1) is 12.5 Å². The van der Waals surface area contributed by atoms with Gasteiger partial charge in [-0.25, -0.2) is 0 Å². The molecule has 1 saturated carbocycles. The third kappa shape index (κ3) is 7.43. The molecule has 1 N–H and O–H groups in total. The summed E-state index contributed by atoms with van der Waals surface area (Å²) in [6, 6.07) is 10.3. The molecule has 1 aliphatic heterocycles. The zero-order chi connectivity index (χ0) is 26.2. The summed E-state index contributed by atoms with van der Waals surface area (Å²) in [6.45, 7) is 3.74. The summed E-state index contributed by atoms with van der Waals surface area (Å²) in [7, 11) is 5.13. The number of rotatable bonds is 13. The summed E-state index contributed by atoms with van der Waals surface area (Å²) in [5.41, 5.74) is 3.19. The lowest BCUT2D eigenvalue weighted by Crippen LogP contribution is -2.47. The summed E-state index contributed by atoms with van der Waals surface area (Å²) in [4.78, 5) is 28.4. The molecule has 1 amide bonds. The third-order valence-corrected chi connectivity index (χ3v) is 7.38. The number of aromatic nitrogens is 1. The fourth-order valence-electron chi connectivity index (χ4n) is 5.21. The van der Waals surface area contributed by atoms with E-state index in [2.05, 4.69) is 28.4 Å². The topological polar surface area (TPSA) is 82.0 Å². The van der Waals surface area contributed by atoms with E-state index in [4.69, 9.17) is 14.2 Å². The third-order valence-electron chi connectivity index (χ3n) is 7.38. The zero-order valence-corrected chi connectivity index (χ0v) is 22.4. The van der Waals surface area contributed by atoms with Crippen LogP contribution in [0.4, 0.5) is 0 Å². The number of hydrogen-bond donors (Lipinski definition) is 1. The number of piperidine rings is 1. The van der Waals surface area contributed by atoms with Gasteiger partial charge in [0.15, 0.2) is 0 Å². The van der Waals surface area contributed by atoms with E-state index >= 15 is 0 Å². The number of methoxy groups -OCH3 is 2. The van der Waals surface area contributed by atoms with Crippen LogP contribution in [0.15, 0.2) is 41.3 Å². The Morgan fingerprint density at radius 3 is 2.57 bits per heavy atom. The van der Waals surface area contributed by atoms with Gasteiger partial charge in [-0.3, -0.25) is 9.59 Å². The van der Waals surface area contributed by atoms with E-state index in [-0.39, 0.29) is 29.3 Å². The number of pyridine rings is 1. The molecule has 2 aliphatic rings. The lowest BCUT2D eigenvalue weighted by atomic mass is 9.80. The highest BCUT2D eigenvalue weighted by molar-refractivity contribution is 5.81. The molecule has 8 nitrogen and oxygen atoms in total. The van der Waals surface area contributed by atoms with Gasteiger partial charge >= 0.3 is 0 Å². The molecule has 1 aromatic carbocycles. The largest absolute Gasteiger partial charge is 0.491 e. The van der Waals surface area contributed by atoms with Crippen LogP contribution in [0.5, 0.6) is 5.75 Å². The van der Waals surface area contributed by atoms with Gasteiger partial charge in [-0.15, -0.1) is 0 Å². The minimum absolute atomic E-state index is 0.0347. The van der Waals surface area contributed by atoms with E-state index in [0.717, 1.165) is 55.5 Å². The van der Waals surface area contributed by atoms with Gasteiger partial charge in [0.25, 0.3) is 5.56 Å². The van der Waals surface area contributed by atoms with Crippen LogP contribution in [0.3, 0.4) is 0 Å². The molecule has 4 rings (SSSR count). The number of nitrogens with zero attached hydrogens (tertiary/aromatic N) is 2. The highest BCUT2D eigenvalue weighted by atomic mass is 16.5.